The number of fused-ring (bicyclic) bond motifs is 2. The molecule has 1 aliphatic rings. The summed E-state index contributed by atoms with van der Waals surface area (Å²) in [5.74, 6) is 2.07. The zero-order valence-electron chi connectivity index (χ0n) is 13.9. The van der Waals surface area contributed by atoms with E-state index in [1.807, 2.05) is 19.1 Å². The topological polar surface area (TPSA) is 67.4 Å². The van der Waals surface area contributed by atoms with Gasteiger partial charge in [-0.15, -0.1) is 0 Å². The molecule has 0 fully saturated rings. The monoisotopic (exact) mass is 386 g/mol. The summed E-state index contributed by atoms with van der Waals surface area (Å²) in [4.78, 5) is 7.58. The molecule has 0 bridgehead atoms. The highest BCUT2D eigenvalue weighted by Crippen LogP contribution is 2.40. The van der Waals surface area contributed by atoms with Crippen LogP contribution >= 0.6 is 23.8 Å². The van der Waals surface area contributed by atoms with Crippen molar-refractivity contribution in [1.82, 2.24) is 9.97 Å². The van der Waals surface area contributed by atoms with Crippen molar-refractivity contribution in [3.63, 3.8) is 0 Å². The maximum atomic E-state index is 10.5. The SMILES string of the molecule is CCOc1cccc(-c2nc(=S)c3c([nH]2)Oc2ccc(Cl)cc2C3)c1O. The van der Waals surface area contributed by atoms with Crippen LogP contribution in [0, 0.1) is 4.64 Å². The Balaban J connectivity index is 1.80. The Labute approximate surface area is 160 Å². The summed E-state index contributed by atoms with van der Waals surface area (Å²) >= 11 is 11.5. The Morgan fingerprint density at radius 3 is 3.00 bits per heavy atom. The van der Waals surface area contributed by atoms with Crippen LogP contribution in [0.1, 0.15) is 18.1 Å². The van der Waals surface area contributed by atoms with Crippen LogP contribution in [0.3, 0.4) is 0 Å². The van der Waals surface area contributed by atoms with E-state index in [-0.39, 0.29) is 5.75 Å². The highest BCUT2D eigenvalue weighted by atomic mass is 35.5. The van der Waals surface area contributed by atoms with Gasteiger partial charge in [0.05, 0.1) is 17.7 Å². The standard InChI is InChI=1S/C19H15ClN2O3S/c1-2-24-15-5-3-4-12(16(15)23)17-21-18-13(19(26)22-17)9-10-8-11(20)6-7-14(10)25-18/h3-8,23H,2,9H2,1H3,(H,21,22,26). The fraction of sp³-hybridized carbons (Fsp3) is 0.158. The number of halogens is 1. The lowest BCUT2D eigenvalue weighted by Crippen LogP contribution is -2.08. The Kier molecular flexibility index (Phi) is 4.30. The summed E-state index contributed by atoms with van der Waals surface area (Å²) < 4.78 is 11.8. The van der Waals surface area contributed by atoms with Crippen molar-refractivity contribution in [1.29, 1.82) is 0 Å². The van der Waals surface area contributed by atoms with Gasteiger partial charge in [-0.05, 0) is 37.3 Å². The zero-order chi connectivity index (χ0) is 18.3. The number of nitrogens with zero attached hydrogens (tertiary/aromatic N) is 1. The average molecular weight is 387 g/mol. The Bertz CT molecular complexity index is 1070. The van der Waals surface area contributed by atoms with E-state index in [9.17, 15) is 5.11 Å². The van der Waals surface area contributed by atoms with Crippen LogP contribution in [0.4, 0.5) is 0 Å². The van der Waals surface area contributed by atoms with E-state index in [1.54, 1.807) is 24.3 Å². The number of aromatic nitrogens is 2. The molecule has 1 aliphatic heterocycles. The fourth-order valence-corrected chi connectivity index (χ4v) is 3.37. The first kappa shape index (κ1) is 16.9. The van der Waals surface area contributed by atoms with E-state index in [0.717, 1.165) is 16.9 Å². The lowest BCUT2D eigenvalue weighted by atomic mass is 10.0. The molecule has 3 aromatic rings. The molecule has 0 aliphatic carbocycles. The van der Waals surface area contributed by atoms with Crippen molar-refractivity contribution < 1.29 is 14.6 Å². The summed E-state index contributed by atoms with van der Waals surface area (Å²) in [6.45, 7) is 2.31. The molecule has 2 N–H and O–H groups in total. The number of para-hydroxylation sites is 1. The molecule has 2 aromatic carbocycles. The van der Waals surface area contributed by atoms with Crippen molar-refractivity contribution in [2.75, 3.05) is 6.61 Å². The van der Waals surface area contributed by atoms with Gasteiger partial charge in [0.2, 0.25) is 5.88 Å². The lowest BCUT2D eigenvalue weighted by molar-refractivity contribution is 0.318. The average Bonchev–Trinajstić information content (AvgIpc) is 2.62. The van der Waals surface area contributed by atoms with Gasteiger partial charge in [0.25, 0.3) is 0 Å². The number of ether oxygens (including phenoxy) is 2. The quantitative estimate of drug-likeness (QED) is 0.470. The van der Waals surface area contributed by atoms with Gasteiger partial charge >= 0.3 is 0 Å². The van der Waals surface area contributed by atoms with Crippen molar-refractivity contribution in [3.8, 4) is 34.5 Å². The second-order valence-electron chi connectivity index (χ2n) is 5.81. The number of hydrogen-bond acceptors (Lipinski definition) is 5. The van der Waals surface area contributed by atoms with E-state index in [4.69, 9.17) is 33.3 Å². The first-order chi connectivity index (χ1) is 12.6. The van der Waals surface area contributed by atoms with Crippen LogP contribution in [-0.2, 0) is 6.42 Å². The van der Waals surface area contributed by atoms with Crippen LogP contribution < -0.4 is 9.47 Å². The maximum Gasteiger partial charge on any atom is 0.205 e. The van der Waals surface area contributed by atoms with E-state index in [0.29, 0.717) is 45.7 Å². The minimum absolute atomic E-state index is 0.00967. The predicted molar refractivity (Wildman–Crippen MR) is 102 cm³/mol. The molecule has 0 spiro atoms. The van der Waals surface area contributed by atoms with Crippen LogP contribution in [-0.4, -0.2) is 21.7 Å². The number of aromatic amines is 1. The molecule has 26 heavy (non-hydrogen) atoms. The normalized spacial score (nSPS) is 12.1. The molecule has 1 aromatic heterocycles. The largest absolute Gasteiger partial charge is 0.504 e. The van der Waals surface area contributed by atoms with E-state index in [1.165, 1.54) is 0 Å². The number of phenolic OH excluding ortho intramolecular Hbond substituents is 1. The number of nitrogens with one attached hydrogen (secondary N) is 1. The van der Waals surface area contributed by atoms with Gasteiger partial charge in [0.1, 0.15) is 16.2 Å². The maximum absolute atomic E-state index is 10.5. The smallest absolute Gasteiger partial charge is 0.205 e. The second-order valence-corrected chi connectivity index (χ2v) is 6.64. The number of H-pyrrole nitrogens is 1. The molecule has 0 saturated carbocycles. The molecule has 5 nitrogen and oxygen atoms in total. The van der Waals surface area contributed by atoms with Gasteiger partial charge in [-0.3, -0.25) is 0 Å². The van der Waals surface area contributed by atoms with Gasteiger partial charge in [-0.25, -0.2) is 4.98 Å². The molecule has 2 heterocycles. The van der Waals surface area contributed by atoms with Crippen LogP contribution in [0.25, 0.3) is 11.4 Å². The molecule has 132 valence electrons. The first-order valence-corrected chi connectivity index (χ1v) is 8.90. The highest BCUT2D eigenvalue weighted by Gasteiger charge is 2.22. The molecule has 7 heteroatoms. The van der Waals surface area contributed by atoms with Crippen molar-refractivity contribution >= 4 is 23.8 Å². The minimum atomic E-state index is 0.00967. The molecular weight excluding hydrogens is 372 g/mol. The lowest BCUT2D eigenvalue weighted by Gasteiger charge is -2.21. The molecule has 0 radical (unpaired) electrons. The number of phenols is 1. The predicted octanol–water partition coefficient (Wildman–Crippen LogP) is 5.26. The van der Waals surface area contributed by atoms with Crippen LogP contribution in [0.5, 0.6) is 23.1 Å². The number of benzene rings is 2. The minimum Gasteiger partial charge on any atom is -0.504 e. The summed E-state index contributed by atoms with van der Waals surface area (Å²) in [5, 5.41) is 11.1. The third kappa shape index (κ3) is 2.91. The zero-order valence-corrected chi connectivity index (χ0v) is 15.4. The molecule has 0 amide bonds. The third-order valence-corrected chi connectivity index (χ3v) is 4.71. The summed E-state index contributed by atoms with van der Waals surface area (Å²) in [6, 6.07) is 10.7. The highest BCUT2D eigenvalue weighted by molar-refractivity contribution is 7.71. The van der Waals surface area contributed by atoms with Crippen molar-refractivity contribution in [3.05, 3.63) is 57.2 Å². The molecule has 0 atom stereocenters. The van der Waals surface area contributed by atoms with Crippen LogP contribution in [0.15, 0.2) is 36.4 Å². The van der Waals surface area contributed by atoms with E-state index in [2.05, 4.69) is 9.97 Å². The molecular formula is C19H15ClN2O3S. The van der Waals surface area contributed by atoms with Gasteiger partial charge < -0.3 is 19.6 Å². The third-order valence-electron chi connectivity index (χ3n) is 4.13. The number of hydrogen-bond donors (Lipinski definition) is 2. The van der Waals surface area contributed by atoms with E-state index < -0.39 is 0 Å². The Hall–Kier alpha value is -2.57. The first-order valence-electron chi connectivity index (χ1n) is 8.11. The number of rotatable bonds is 3. The summed E-state index contributed by atoms with van der Waals surface area (Å²) in [5.41, 5.74) is 2.24. The Morgan fingerprint density at radius 1 is 1.35 bits per heavy atom. The van der Waals surface area contributed by atoms with Crippen LogP contribution in [0.2, 0.25) is 5.02 Å². The second kappa shape index (κ2) is 6.63. The Morgan fingerprint density at radius 2 is 2.19 bits per heavy atom. The van der Waals surface area contributed by atoms with Crippen molar-refractivity contribution in [2.45, 2.75) is 13.3 Å². The molecule has 0 unspecified atom stereocenters. The van der Waals surface area contributed by atoms with Gasteiger partial charge in [0, 0.05) is 17.0 Å². The van der Waals surface area contributed by atoms with E-state index >= 15 is 0 Å². The van der Waals surface area contributed by atoms with Crippen molar-refractivity contribution in [2.24, 2.45) is 0 Å². The van der Waals surface area contributed by atoms with Gasteiger partial charge in [-0.1, -0.05) is 29.9 Å². The molecule has 0 saturated heterocycles. The van der Waals surface area contributed by atoms with Gasteiger partial charge in [0.15, 0.2) is 11.5 Å². The summed E-state index contributed by atoms with van der Waals surface area (Å²) in [7, 11) is 0. The van der Waals surface area contributed by atoms with Gasteiger partial charge in [-0.2, -0.15) is 0 Å². The number of aromatic hydroxyl groups is 1. The summed E-state index contributed by atoms with van der Waals surface area (Å²) in [6.07, 6.45) is 0.582. The molecule has 4 rings (SSSR count). The fourth-order valence-electron chi connectivity index (χ4n) is 2.92.